The molecule has 1 aromatic heterocycles. The molecular formula is C30H33BrF3N3O7. The van der Waals surface area contributed by atoms with E-state index in [1.165, 1.54) is 13.8 Å². The lowest BCUT2D eigenvalue weighted by molar-refractivity contribution is -0.192. The second kappa shape index (κ2) is 15.5. The van der Waals surface area contributed by atoms with Crippen molar-refractivity contribution in [1.29, 1.82) is 0 Å². The number of aryl methyl sites for hydroxylation is 1. The maximum Gasteiger partial charge on any atom is 0.490 e. The number of hydrogen-bond acceptors (Lipinski definition) is 7. The highest BCUT2D eigenvalue weighted by atomic mass is 79.9. The van der Waals surface area contributed by atoms with Crippen LogP contribution in [0.2, 0.25) is 0 Å². The number of halogens is 4. The Balaban J connectivity index is 0.000000860. The molecule has 3 aromatic rings. The molecule has 10 nitrogen and oxygen atoms in total. The molecule has 0 bridgehead atoms. The first-order valence-electron chi connectivity index (χ1n) is 13.1. The summed E-state index contributed by atoms with van der Waals surface area (Å²) in [6, 6.07) is 13.3. The van der Waals surface area contributed by atoms with Gasteiger partial charge in [-0.2, -0.15) is 13.2 Å². The Bertz CT molecular complexity index is 1490. The van der Waals surface area contributed by atoms with E-state index in [0.29, 0.717) is 36.9 Å². The SMILES string of the molecule is C=CCc1cc(CN(CC(=O)NC)Cc2nc(-c3cccc(Br)c3)oc2C)ccc1OC(C)(C)C(=O)O.O=C(O)C(F)(F)F. The number of aliphatic carboxylic acids is 2. The third kappa shape index (κ3) is 10.8. The first-order chi connectivity index (χ1) is 20.5. The summed E-state index contributed by atoms with van der Waals surface area (Å²) in [5.41, 5.74) is 1.98. The van der Waals surface area contributed by atoms with Gasteiger partial charge in [0.15, 0.2) is 5.60 Å². The largest absolute Gasteiger partial charge is 0.490 e. The quantitative estimate of drug-likeness (QED) is 0.203. The second-order valence-corrected chi connectivity index (χ2v) is 10.9. The number of nitrogens with one attached hydrogen (secondary N) is 1. The van der Waals surface area contributed by atoms with Crippen molar-refractivity contribution in [3.05, 3.63) is 82.2 Å². The molecule has 3 N–H and O–H groups in total. The van der Waals surface area contributed by atoms with Crippen LogP contribution in [0.1, 0.15) is 36.4 Å². The van der Waals surface area contributed by atoms with Crippen molar-refractivity contribution >= 4 is 33.8 Å². The van der Waals surface area contributed by atoms with Crippen LogP contribution in [0.5, 0.6) is 5.75 Å². The van der Waals surface area contributed by atoms with E-state index in [4.69, 9.17) is 24.0 Å². The van der Waals surface area contributed by atoms with E-state index < -0.39 is 23.7 Å². The molecule has 0 unspecified atom stereocenters. The number of carbonyl (C=O) groups excluding carboxylic acids is 1. The molecule has 0 atom stereocenters. The minimum absolute atomic E-state index is 0.122. The molecule has 3 rings (SSSR count). The Morgan fingerprint density at radius 2 is 1.77 bits per heavy atom. The molecule has 0 saturated heterocycles. The van der Waals surface area contributed by atoms with E-state index in [0.717, 1.165) is 26.9 Å². The fourth-order valence-corrected chi connectivity index (χ4v) is 4.10. The minimum atomic E-state index is -5.08. The van der Waals surface area contributed by atoms with Gasteiger partial charge in [0.25, 0.3) is 0 Å². The molecule has 0 spiro atoms. The number of amides is 1. The Hall–Kier alpha value is -4.17. The summed E-state index contributed by atoms with van der Waals surface area (Å²) < 4.78 is 44.4. The smallest absolute Gasteiger partial charge is 0.478 e. The van der Waals surface area contributed by atoms with Gasteiger partial charge in [0, 0.05) is 30.2 Å². The average molecular weight is 685 g/mol. The highest BCUT2D eigenvalue weighted by molar-refractivity contribution is 9.10. The number of nitrogens with zero attached hydrogens (tertiary/aromatic N) is 2. The fraction of sp³-hybridized carbons (Fsp3) is 0.333. The Labute approximate surface area is 260 Å². The summed E-state index contributed by atoms with van der Waals surface area (Å²) in [6.07, 6.45) is -2.84. The minimum Gasteiger partial charge on any atom is -0.478 e. The van der Waals surface area contributed by atoms with Crippen LogP contribution in [0, 0.1) is 6.92 Å². The summed E-state index contributed by atoms with van der Waals surface area (Å²) >= 11 is 3.48. The number of carbonyl (C=O) groups is 3. The number of aromatic nitrogens is 1. The zero-order valence-corrected chi connectivity index (χ0v) is 26.1. The number of carboxylic acids is 2. The second-order valence-electron chi connectivity index (χ2n) is 10.0. The number of rotatable bonds is 12. The summed E-state index contributed by atoms with van der Waals surface area (Å²) in [5.74, 6) is -2.24. The molecule has 14 heteroatoms. The van der Waals surface area contributed by atoms with E-state index >= 15 is 0 Å². The number of ether oxygens (including phenoxy) is 1. The lowest BCUT2D eigenvalue weighted by Crippen LogP contribution is -2.38. The predicted octanol–water partition coefficient (Wildman–Crippen LogP) is 5.76. The number of carboxylic acid groups (broad SMARTS) is 2. The van der Waals surface area contributed by atoms with Crippen molar-refractivity contribution in [2.24, 2.45) is 0 Å². The van der Waals surface area contributed by atoms with Gasteiger partial charge in [0.05, 0.1) is 12.2 Å². The third-order valence-corrected chi connectivity index (χ3v) is 6.49. The zero-order valence-electron chi connectivity index (χ0n) is 24.5. The lowest BCUT2D eigenvalue weighted by atomic mass is 10.0. The van der Waals surface area contributed by atoms with Gasteiger partial charge in [-0.1, -0.05) is 40.2 Å². The normalized spacial score (nSPS) is 11.4. The van der Waals surface area contributed by atoms with E-state index in [1.807, 2.05) is 48.2 Å². The zero-order chi connectivity index (χ0) is 33.2. The molecule has 44 heavy (non-hydrogen) atoms. The molecule has 0 saturated carbocycles. The van der Waals surface area contributed by atoms with Gasteiger partial charge in [0.2, 0.25) is 11.8 Å². The van der Waals surface area contributed by atoms with Gasteiger partial charge in [-0.25, -0.2) is 14.6 Å². The van der Waals surface area contributed by atoms with Gasteiger partial charge in [0.1, 0.15) is 11.5 Å². The summed E-state index contributed by atoms with van der Waals surface area (Å²) in [4.78, 5) is 39.4. The van der Waals surface area contributed by atoms with Crippen LogP contribution < -0.4 is 10.1 Å². The van der Waals surface area contributed by atoms with Crippen molar-refractivity contribution in [2.75, 3.05) is 13.6 Å². The molecule has 2 aromatic carbocycles. The van der Waals surface area contributed by atoms with Crippen LogP contribution in [0.4, 0.5) is 13.2 Å². The number of benzene rings is 2. The number of allylic oxidation sites excluding steroid dienone is 1. The predicted molar refractivity (Wildman–Crippen MR) is 159 cm³/mol. The number of oxazole rings is 1. The highest BCUT2D eigenvalue weighted by Gasteiger charge is 2.38. The van der Waals surface area contributed by atoms with Crippen LogP contribution in [-0.4, -0.2) is 63.3 Å². The third-order valence-electron chi connectivity index (χ3n) is 6.00. The van der Waals surface area contributed by atoms with Gasteiger partial charge < -0.3 is 24.7 Å². The van der Waals surface area contributed by atoms with Gasteiger partial charge in [-0.15, -0.1) is 6.58 Å². The van der Waals surface area contributed by atoms with Crippen LogP contribution in [0.15, 0.2) is 64.0 Å². The number of alkyl halides is 3. The Morgan fingerprint density at radius 3 is 2.32 bits per heavy atom. The van der Waals surface area contributed by atoms with Crippen molar-refractivity contribution in [3.63, 3.8) is 0 Å². The maximum atomic E-state index is 12.3. The molecule has 0 aliphatic carbocycles. The van der Waals surface area contributed by atoms with Crippen molar-refractivity contribution < 1.29 is 46.9 Å². The average Bonchev–Trinajstić information content (AvgIpc) is 3.29. The molecule has 0 radical (unpaired) electrons. The molecular weight excluding hydrogens is 651 g/mol. The molecule has 0 aliphatic rings. The van der Waals surface area contributed by atoms with Crippen LogP contribution in [-0.2, 0) is 33.9 Å². The van der Waals surface area contributed by atoms with E-state index in [9.17, 15) is 27.9 Å². The Kier molecular flexibility index (Phi) is 12.7. The number of hydrogen-bond donors (Lipinski definition) is 3. The van der Waals surface area contributed by atoms with Crippen LogP contribution in [0.25, 0.3) is 11.5 Å². The fourth-order valence-electron chi connectivity index (χ4n) is 3.70. The lowest BCUT2D eigenvalue weighted by Gasteiger charge is -2.25. The van der Waals surface area contributed by atoms with Gasteiger partial charge in [-0.3, -0.25) is 9.69 Å². The van der Waals surface area contributed by atoms with Crippen molar-refractivity contribution in [3.8, 4) is 17.2 Å². The van der Waals surface area contributed by atoms with Crippen LogP contribution >= 0.6 is 15.9 Å². The summed E-state index contributed by atoms with van der Waals surface area (Å²) in [5, 5.41) is 19.3. The first-order valence-corrected chi connectivity index (χ1v) is 13.9. The molecule has 238 valence electrons. The van der Waals surface area contributed by atoms with Crippen molar-refractivity contribution in [1.82, 2.24) is 15.2 Å². The maximum absolute atomic E-state index is 12.3. The first kappa shape index (κ1) is 36.0. The van der Waals surface area contributed by atoms with Crippen molar-refractivity contribution in [2.45, 2.75) is 52.1 Å². The Morgan fingerprint density at radius 1 is 1.11 bits per heavy atom. The number of likely N-dealkylation sites (N-methyl/N-ethyl adjacent to an activating group) is 1. The molecule has 1 amide bonds. The van der Waals surface area contributed by atoms with Crippen LogP contribution in [0.3, 0.4) is 0 Å². The summed E-state index contributed by atoms with van der Waals surface area (Å²) in [7, 11) is 1.60. The van der Waals surface area contributed by atoms with Gasteiger partial charge in [-0.05, 0) is 62.6 Å². The standard InChI is InChI=1S/C28H32BrN3O5.C2HF3O2/c1-6-8-20-13-19(11-12-24(20)37-28(3,4)27(34)35)15-32(17-25(33)30-5)16-23-18(2)36-26(31-23)21-9-7-10-22(29)14-21;3-2(4,5)1(6)7/h6-7,9-14H,1,8,15-17H2,2-5H3,(H,30,33)(H,34,35);(H,6,7). The highest BCUT2D eigenvalue weighted by Crippen LogP contribution is 2.28. The topological polar surface area (TPSA) is 142 Å². The molecule has 0 fully saturated rings. The summed E-state index contributed by atoms with van der Waals surface area (Å²) in [6.45, 7) is 9.71. The van der Waals surface area contributed by atoms with E-state index in [2.05, 4.69) is 27.8 Å². The monoisotopic (exact) mass is 683 g/mol. The van der Waals surface area contributed by atoms with E-state index in [-0.39, 0.29) is 12.5 Å². The van der Waals surface area contributed by atoms with Gasteiger partial charge >= 0.3 is 18.1 Å². The molecule has 1 heterocycles. The van der Waals surface area contributed by atoms with E-state index in [1.54, 1.807) is 19.2 Å². The molecule has 0 aliphatic heterocycles.